The first-order valence-corrected chi connectivity index (χ1v) is 10.3. The molecule has 0 bridgehead atoms. The third-order valence-electron chi connectivity index (χ3n) is 3.68. The van der Waals surface area contributed by atoms with Crippen molar-refractivity contribution in [3.63, 3.8) is 0 Å². The lowest BCUT2D eigenvalue weighted by molar-refractivity contribution is 0.0216. The highest BCUT2D eigenvalue weighted by molar-refractivity contribution is 8.13. The predicted octanol–water partition coefficient (Wildman–Crippen LogP) is 5.32. The summed E-state index contributed by atoms with van der Waals surface area (Å²) < 4.78 is 5.61. The fourth-order valence-corrected chi connectivity index (χ4v) is 3.03. The Bertz CT molecular complexity index is 801. The van der Waals surface area contributed by atoms with Crippen molar-refractivity contribution in [2.45, 2.75) is 46.4 Å². The summed E-state index contributed by atoms with van der Waals surface area (Å²) in [6.45, 7) is 8.54. The van der Waals surface area contributed by atoms with E-state index < -0.39 is 5.60 Å². The third kappa shape index (κ3) is 7.64. The van der Waals surface area contributed by atoms with E-state index in [1.54, 1.807) is 4.90 Å². The first kappa shape index (κ1) is 21.8. The van der Waals surface area contributed by atoms with Crippen LogP contribution in [0.1, 0.15) is 38.8 Å². The van der Waals surface area contributed by atoms with Crippen LogP contribution >= 0.6 is 11.8 Å². The zero-order chi connectivity index (χ0) is 20.6. The van der Waals surface area contributed by atoms with Gasteiger partial charge >= 0.3 is 6.09 Å². The normalized spacial score (nSPS) is 11.9. The molecule has 5 nitrogen and oxygen atoms in total. The van der Waals surface area contributed by atoms with E-state index in [1.807, 2.05) is 82.3 Å². The molecule has 28 heavy (non-hydrogen) atoms. The first-order chi connectivity index (χ1) is 13.3. The smallest absolute Gasteiger partial charge is 0.410 e. The van der Waals surface area contributed by atoms with Gasteiger partial charge in [-0.2, -0.15) is 0 Å². The molecule has 0 aliphatic carbocycles. The standard InChI is InChI=1S/C22H29N3O2S/c1-5-28-20(23)24-19-13-9-12-18(14-19)16-25(21(26)27-22(2,3)4)15-17-10-7-6-8-11-17/h6-14H,5,15-16H2,1-4H3,(H2,23,24). The zero-order valence-electron chi connectivity index (χ0n) is 17.0. The third-order valence-corrected chi connectivity index (χ3v) is 4.36. The molecule has 0 spiro atoms. The van der Waals surface area contributed by atoms with Gasteiger partial charge in [-0.1, -0.05) is 61.2 Å². The van der Waals surface area contributed by atoms with Gasteiger partial charge in [-0.25, -0.2) is 9.79 Å². The molecule has 0 aromatic heterocycles. The van der Waals surface area contributed by atoms with Crippen LogP contribution in [0, 0.1) is 0 Å². The molecule has 6 heteroatoms. The number of benzene rings is 2. The molecular formula is C22H29N3O2S. The summed E-state index contributed by atoms with van der Waals surface area (Å²) in [6.07, 6.45) is -0.341. The molecule has 1 amide bonds. The Morgan fingerprint density at radius 2 is 1.71 bits per heavy atom. The van der Waals surface area contributed by atoms with E-state index in [2.05, 4.69) is 4.99 Å². The molecule has 0 heterocycles. The second-order valence-corrected chi connectivity index (χ2v) is 8.66. The molecule has 0 saturated heterocycles. The Hall–Kier alpha value is -2.47. The second kappa shape index (κ2) is 10.2. The van der Waals surface area contributed by atoms with Crippen LogP contribution in [0.2, 0.25) is 0 Å². The van der Waals surface area contributed by atoms with E-state index in [9.17, 15) is 4.79 Å². The molecule has 0 radical (unpaired) electrons. The van der Waals surface area contributed by atoms with Crippen molar-refractivity contribution in [1.82, 2.24) is 4.90 Å². The monoisotopic (exact) mass is 399 g/mol. The van der Waals surface area contributed by atoms with Crippen molar-refractivity contribution in [2.75, 3.05) is 5.75 Å². The summed E-state index contributed by atoms with van der Waals surface area (Å²) >= 11 is 1.50. The van der Waals surface area contributed by atoms with Gasteiger partial charge in [0.05, 0.1) is 5.69 Å². The van der Waals surface area contributed by atoms with Crippen LogP contribution in [-0.2, 0) is 17.8 Å². The molecule has 0 atom stereocenters. The fraction of sp³-hybridized carbons (Fsp3) is 0.364. The maximum absolute atomic E-state index is 12.8. The lowest BCUT2D eigenvalue weighted by Crippen LogP contribution is -2.36. The molecule has 2 aromatic rings. The van der Waals surface area contributed by atoms with Crippen LogP contribution in [0.4, 0.5) is 10.5 Å². The molecule has 0 unspecified atom stereocenters. The maximum atomic E-state index is 12.8. The number of thioether (sulfide) groups is 1. The molecule has 2 rings (SSSR count). The molecule has 150 valence electrons. The number of hydrogen-bond acceptors (Lipinski definition) is 4. The van der Waals surface area contributed by atoms with E-state index in [0.717, 1.165) is 22.6 Å². The number of hydrogen-bond donors (Lipinski definition) is 1. The first-order valence-electron chi connectivity index (χ1n) is 9.34. The van der Waals surface area contributed by atoms with Crippen LogP contribution in [0.3, 0.4) is 0 Å². The van der Waals surface area contributed by atoms with Crippen LogP contribution in [0.15, 0.2) is 59.6 Å². The molecule has 0 aliphatic rings. The SMILES string of the molecule is CCSC(N)=Nc1cccc(CN(Cc2ccccc2)C(=O)OC(C)(C)C)c1. The Labute approximate surface area is 172 Å². The van der Waals surface area contributed by atoms with Gasteiger partial charge in [0.15, 0.2) is 5.17 Å². The number of nitrogens with zero attached hydrogens (tertiary/aromatic N) is 2. The van der Waals surface area contributed by atoms with Gasteiger partial charge in [0, 0.05) is 13.1 Å². The fourth-order valence-electron chi connectivity index (χ4n) is 2.57. The number of amidine groups is 1. The number of aliphatic imine (C=N–C) groups is 1. The van der Waals surface area contributed by atoms with Crippen molar-refractivity contribution < 1.29 is 9.53 Å². The number of amides is 1. The van der Waals surface area contributed by atoms with E-state index in [0.29, 0.717) is 18.3 Å². The van der Waals surface area contributed by atoms with Crippen molar-refractivity contribution in [3.8, 4) is 0 Å². The quantitative estimate of drug-likeness (QED) is 0.527. The molecule has 0 aliphatic heterocycles. The zero-order valence-corrected chi connectivity index (χ0v) is 17.8. The van der Waals surface area contributed by atoms with Crippen molar-refractivity contribution in [3.05, 3.63) is 65.7 Å². The summed E-state index contributed by atoms with van der Waals surface area (Å²) in [5.41, 5.74) is 8.16. The number of ether oxygens (including phenoxy) is 1. The van der Waals surface area contributed by atoms with Gasteiger partial charge in [-0.05, 0) is 49.8 Å². The van der Waals surface area contributed by atoms with Crippen molar-refractivity contribution >= 4 is 28.7 Å². The number of carbonyl (C=O) groups excluding carboxylic acids is 1. The number of nitrogens with two attached hydrogens (primary N) is 1. The van der Waals surface area contributed by atoms with Gasteiger partial charge in [-0.15, -0.1) is 0 Å². The lowest BCUT2D eigenvalue weighted by Gasteiger charge is -2.27. The highest BCUT2D eigenvalue weighted by Crippen LogP contribution is 2.20. The van der Waals surface area contributed by atoms with Gasteiger partial charge in [0.25, 0.3) is 0 Å². The van der Waals surface area contributed by atoms with Crippen molar-refractivity contribution in [2.24, 2.45) is 10.7 Å². The molecule has 2 aromatic carbocycles. The topological polar surface area (TPSA) is 67.9 Å². The van der Waals surface area contributed by atoms with E-state index in [1.165, 1.54) is 11.8 Å². The van der Waals surface area contributed by atoms with Crippen LogP contribution in [0.5, 0.6) is 0 Å². The Balaban J connectivity index is 2.21. The number of rotatable bonds is 6. The summed E-state index contributed by atoms with van der Waals surface area (Å²) in [4.78, 5) is 18.9. The Morgan fingerprint density at radius 1 is 1.07 bits per heavy atom. The van der Waals surface area contributed by atoms with Crippen molar-refractivity contribution in [1.29, 1.82) is 0 Å². The molecule has 0 fully saturated rings. The summed E-state index contributed by atoms with van der Waals surface area (Å²) in [5.74, 6) is 0.874. The van der Waals surface area contributed by atoms with Crippen LogP contribution in [-0.4, -0.2) is 27.5 Å². The maximum Gasteiger partial charge on any atom is 0.410 e. The Kier molecular flexibility index (Phi) is 7.93. The minimum absolute atomic E-state index is 0.341. The van der Waals surface area contributed by atoms with E-state index >= 15 is 0 Å². The van der Waals surface area contributed by atoms with Gasteiger partial charge in [0.1, 0.15) is 5.60 Å². The van der Waals surface area contributed by atoms with Gasteiger partial charge < -0.3 is 10.5 Å². The average molecular weight is 400 g/mol. The van der Waals surface area contributed by atoms with Gasteiger partial charge in [-0.3, -0.25) is 4.90 Å². The highest BCUT2D eigenvalue weighted by Gasteiger charge is 2.22. The largest absolute Gasteiger partial charge is 0.444 e. The highest BCUT2D eigenvalue weighted by atomic mass is 32.2. The average Bonchev–Trinajstić information content (AvgIpc) is 2.61. The molecule has 2 N–H and O–H groups in total. The number of carbonyl (C=O) groups is 1. The summed E-state index contributed by atoms with van der Waals surface area (Å²) in [6, 6.07) is 17.6. The van der Waals surface area contributed by atoms with Crippen LogP contribution in [0.25, 0.3) is 0 Å². The summed E-state index contributed by atoms with van der Waals surface area (Å²) in [5, 5.41) is 0.535. The molecular weight excluding hydrogens is 370 g/mol. The van der Waals surface area contributed by atoms with E-state index in [4.69, 9.17) is 10.5 Å². The van der Waals surface area contributed by atoms with Crippen LogP contribution < -0.4 is 5.73 Å². The minimum atomic E-state index is -0.552. The predicted molar refractivity (Wildman–Crippen MR) is 118 cm³/mol. The summed E-state index contributed by atoms with van der Waals surface area (Å²) in [7, 11) is 0. The second-order valence-electron chi connectivity index (χ2n) is 7.37. The minimum Gasteiger partial charge on any atom is -0.444 e. The van der Waals surface area contributed by atoms with E-state index in [-0.39, 0.29) is 6.09 Å². The Morgan fingerprint density at radius 3 is 2.36 bits per heavy atom. The lowest BCUT2D eigenvalue weighted by atomic mass is 10.1. The van der Waals surface area contributed by atoms with Gasteiger partial charge in [0.2, 0.25) is 0 Å². The molecule has 0 saturated carbocycles.